The number of nitrogens with zero attached hydrogens (tertiary/aromatic N) is 4. The molecule has 0 saturated carbocycles. The number of hydrogen-bond acceptors (Lipinski definition) is 4. The Morgan fingerprint density at radius 2 is 2.00 bits per heavy atom. The molecule has 3 aromatic rings. The third kappa shape index (κ3) is 5.15. The van der Waals surface area contributed by atoms with Crippen LogP contribution in [-0.4, -0.2) is 38.2 Å². The lowest BCUT2D eigenvalue weighted by atomic mass is 10.2. The quantitative estimate of drug-likeness (QED) is 0.674. The van der Waals surface area contributed by atoms with E-state index in [9.17, 15) is 4.79 Å². The van der Waals surface area contributed by atoms with E-state index < -0.39 is 0 Å². The first-order valence-electron chi connectivity index (χ1n) is 8.75. The zero-order valence-electron chi connectivity index (χ0n) is 15.3. The van der Waals surface area contributed by atoms with Gasteiger partial charge in [-0.25, -0.2) is 9.67 Å². The van der Waals surface area contributed by atoms with Gasteiger partial charge in [-0.3, -0.25) is 9.69 Å². The van der Waals surface area contributed by atoms with Gasteiger partial charge in [0.15, 0.2) is 0 Å². The van der Waals surface area contributed by atoms with Gasteiger partial charge in [0.25, 0.3) is 0 Å². The number of carbonyl (C=O) groups excluding carboxylic acids is 1. The van der Waals surface area contributed by atoms with E-state index in [4.69, 9.17) is 11.6 Å². The molecule has 2 aromatic carbocycles. The van der Waals surface area contributed by atoms with Gasteiger partial charge >= 0.3 is 0 Å². The minimum Gasteiger partial charge on any atom is -0.323 e. The standard InChI is InChI=1S/C20H22ClN5O/c1-15(2)25(11-16-6-4-3-5-7-16)12-20(27)24-18-10-17(21)8-9-19(18)26-14-22-13-23-26/h3-10,13-15H,11-12H2,1-2H3,(H,24,27). The summed E-state index contributed by atoms with van der Waals surface area (Å²) in [5, 5.41) is 7.63. The number of amides is 1. The van der Waals surface area contributed by atoms with Crippen LogP contribution in [0.2, 0.25) is 5.02 Å². The molecule has 1 N–H and O–H groups in total. The third-order valence-electron chi connectivity index (χ3n) is 4.20. The van der Waals surface area contributed by atoms with Gasteiger partial charge in [-0.1, -0.05) is 41.9 Å². The van der Waals surface area contributed by atoms with Crippen molar-refractivity contribution in [1.29, 1.82) is 0 Å². The first kappa shape index (κ1) is 19.1. The van der Waals surface area contributed by atoms with E-state index in [1.807, 2.05) is 18.2 Å². The molecule has 0 atom stereocenters. The highest BCUT2D eigenvalue weighted by atomic mass is 35.5. The molecule has 140 valence electrons. The van der Waals surface area contributed by atoms with Gasteiger partial charge in [0.2, 0.25) is 5.91 Å². The van der Waals surface area contributed by atoms with E-state index in [2.05, 4.69) is 46.3 Å². The lowest BCUT2D eigenvalue weighted by Gasteiger charge is -2.26. The van der Waals surface area contributed by atoms with Crippen molar-refractivity contribution in [3.63, 3.8) is 0 Å². The van der Waals surface area contributed by atoms with Crippen LogP contribution in [0.5, 0.6) is 0 Å². The van der Waals surface area contributed by atoms with Crippen LogP contribution in [0.3, 0.4) is 0 Å². The number of nitrogens with one attached hydrogen (secondary N) is 1. The number of anilines is 1. The summed E-state index contributed by atoms with van der Waals surface area (Å²) in [5.74, 6) is -0.108. The van der Waals surface area contributed by atoms with E-state index in [0.717, 1.165) is 0 Å². The summed E-state index contributed by atoms with van der Waals surface area (Å²) in [5.41, 5.74) is 2.48. The molecule has 0 radical (unpaired) electrons. The SMILES string of the molecule is CC(C)N(CC(=O)Nc1cc(Cl)ccc1-n1cncn1)Cc1ccccc1. The minimum atomic E-state index is -0.108. The molecular formula is C20H22ClN5O. The molecule has 6 nitrogen and oxygen atoms in total. The summed E-state index contributed by atoms with van der Waals surface area (Å²) in [7, 11) is 0. The molecule has 1 aromatic heterocycles. The molecular weight excluding hydrogens is 362 g/mol. The zero-order valence-corrected chi connectivity index (χ0v) is 16.1. The topological polar surface area (TPSA) is 63.1 Å². The highest BCUT2D eigenvalue weighted by Crippen LogP contribution is 2.24. The summed E-state index contributed by atoms with van der Waals surface area (Å²) >= 11 is 6.12. The van der Waals surface area contributed by atoms with Gasteiger partial charge in [0, 0.05) is 17.6 Å². The number of halogens is 1. The van der Waals surface area contributed by atoms with Crippen molar-refractivity contribution in [2.75, 3.05) is 11.9 Å². The number of benzene rings is 2. The maximum atomic E-state index is 12.7. The Bertz CT molecular complexity index is 881. The summed E-state index contributed by atoms with van der Waals surface area (Å²) < 4.78 is 1.59. The first-order chi connectivity index (χ1) is 13.0. The van der Waals surface area contributed by atoms with E-state index in [-0.39, 0.29) is 18.5 Å². The van der Waals surface area contributed by atoms with E-state index in [1.165, 1.54) is 11.9 Å². The Morgan fingerprint density at radius 1 is 1.22 bits per heavy atom. The average Bonchev–Trinajstić information content (AvgIpc) is 3.16. The lowest BCUT2D eigenvalue weighted by molar-refractivity contribution is -0.117. The summed E-state index contributed by atoms with van der Waals surface area (Å²) in [6.07, 6.45) is 3.02. The van der Waals surface area contributed by atoms with Crippen LogP contribution in [-0.2, 0) is 11.3 Å². The van der Waals surface area contributed by atoms with Crippen molar-refractivity contribution in [2.45, 2.75) is 26.4 Å². The highest BCUT2D eigenvalue weighted by molar-refractivity contribution is 6.31. The second kappa shape index (κ2) is 8.79. The van der Waals surface area contributed by atoms with E-state index >= 15 is 0 Å². The second-order valence-electron chi connectivity index (χ2n) is 6.53. The van der Waals surface area contributed by atoms with Crippen molar-refractivity contribution in [3.05, 3.63) is 71.8 Å². The Labute approximate surface area is 163 Å². The molecule has 27 heavy (non-hydrogen) atoms. The van der Waals surface area contributed by atoms with Crippen molar-refractivity contribution in [1.82, 2.24) is 19.7 Å². The molecule has 0 aliphatic carbocycles. The highest BCUT2D eigenvalue weighted by Gasteiger charge is 2.16. The molecule has 0 saturated heterocycles. The van der Waals surface area contributed by atoms with Gasteiger partial charge in [-0.05, 0) is 37.6 Å². The van der Waals surface area contributed by atoms with Crippen LogP contribution < -0.4 is 5.32 Å². The fourth-order valence-electron chi connectivity index (χ4n) is 2.75. The fourth-order valence-corrected chi connectivity index (χ4v) is 2.93. The van der Waals surface area contributed by atoms with E-state index in [0.29, 0.717) is 22.9 Å². The molecule has 7 heteroatoms. The van der Waals surface area contributed by atoms with Gasteiger partial charge in [-0.15, -0.1) is 0 Å². The zero-order chi connectivity index (χ0) is 19.2. The molecule has 0 aliphatic heterocycles. The number of aromatic nitrogens is 3. The summed E-state index contributed by atoms with van der Waals surface area (Å²) in [6, 6.07) is 15.6. The Morgan fingerprint density at radius 3 is 2.67 bits per heavy atom. The van der Waals surface area contributed by atoms with Crippen LogP contribution in [0.15, 0.2) is 61.2 Å². The number of rotatable bonds is 7. The third-order valence-corrected chi connectivity index (χ3v) is 4.44. The van der Waals surface area contributed by atoms with Crippen LogP contribution in [0.4, 0.5) is 5.69 Å². The van der Waals surface area contributed by atoms with Crippen LogP contribution >= 0.6 is 11.6 Å². The van der Waals surface area contributed by atoms with Crippen molar-refractivity contribution >= 4 is 23.2 Å². The Kier molecular flexibility index (Phi) is 6.21. The number of carbonyl (C=O) groups is 1. The van der Waals surface area contributed by atoms with Gasteiger partial charge in [0.05, 0.1) is 17.9 Å². The second-order valence-corrected chi connectivity index (χ2v) is 6.97. The lowest BCUT2D eigenvalue weighted by Crippen LogP contribution is -2.37. The first-order valence-corrected chi connectivity index (χ1v) is 9.13. The molecule has 0 fully saturated rings. The molecule has 0 unspecified atom stereocenters. The van der Waals surface area contributed by atoms with Gasteiger partial charge in [-0.2, -0.15) is 5.10 Å². The average molecular weight is 384 g/mol. The maximum absolute atomic E-state index is 12.7. The van der Waals surface area contributed by atoms with Gasteiger partial charge < -0.3 is 5.32 Å². The fraction of sp³-hybridized carbons (Fsp3) is 0.250. The number of hydrogen-bond donors (Lipinski definition) is 1. The minimum absolute atomic E-state index is 0.108. The van der Waals surface area contributed by atoms with Crippen LogP contribution in [0, 0.1) is 0 Å². The molecule has 1 heterocycles. The predicted molar refractivity (Wildman–Crippen MR) is 107 cm³/mol. The van der Waals surface area contributed by atoms with Crippen LogP contribution in [0.25, 0.3) is 5.69 Å². The van der Waals surface area contributed by atoms with Crippen LogP contribution in [0.1, 0.15) is 19.4 Å². The molecule has 0 spiro atoms. The van der Waals surface area contributed by atoms with Gasteiger partial charge in [0.1, 0.15) is 12.7 Å². The monoisotopic (exact) mass is 383 g/mol. The molecule has 1 amide bonds. The smallest absolute Gasteiger partial charge is 0.238 e. The molecule has 0 aliphatic rings. The molecule has 0 bridgehead atoms. The predicted octanol–water partition coefficient (Wildman–Crippen LogP) is 3.77. The Balaban J connectivity index is 1.74. The molecule has 3 rings (SSSR count). The van der Waals surface area contributed by atoms with Crippen molar-refractivity contribution in [3.8, 4) is 5.69 Å². The van der Waals surface area contributed by atoms with Crippen molar-refractivity contribution in [2.24, 2.45) is 0 Å². The Hall–Kier alpha value is -2.70. The summed E-state index contributed by atoms with van der Waals surface area (Å²) in [6.45, 7) is 5.14. The summed E-state index contributed by atoms with van der Waals surface area (Å²) in [4.78, 5) is 18.8. The van der Waals surface area contributed by atoms with Crippen molar-refractivity contribution < 1.29 is 4.79 Å². The van der Waals surface area contributed by atoms with E-state index in [1.54, 1.807) is 29.2 Å². The normalized spacial score (nSPS) is 11.1. The largest absolute Gasteiger partial charge is 0.323 e. The maximum Gasteiger partial charge on any atom is 0.238 e.